The molecule has 2 aliphatic rings. The topological polar surface area (TPSA) is 66.5 Å². The molecule has 6 nitrogen and oxygen atoms in total. The predicted molar refractivity (Wildman–Crippen MR) is 122 cm³/mol. The second-order valence-electron chi connectivity index (χ2n) is 8.27. The van der Waals surface area contributed by atoms with Gasteiger partial charge in [-0.1, -0.05) is 23.2 Å². The Balaban J connectivity index is 1.64. The number of rotatable bonds is 1. The fourth-order valence-corrected chi connectivity index (χ4v) is 5.24. The van der Waals surface area contributed by atoms with Crippen LogP contribution in [0.2, 0.25) is 10.0 Å². The van der Waals surface area contributed by atoms with Gasteiger partial charge in [0.1, 0.15) is 11.3 Å². The molecule has 0 saturated carbocycles. The first-order valence-electron chi connectivity index (χ1n) is 10.3. The van der Waals surface area contributed by atoms with E-state index in [-0.39, 0.29) is 17.5 Å². The van der Waals surface area contributed by atoms with Crippen molar-refractivity contribution in [3.8, 4) is 17.3 Å². The van der Waals surface area contributed by atoms with Crippen molar-refractivity contribution >= 4 is 34.2 Å². The zero-order chi connectivity index (χ0) is 22.1. The number of hydrogen-bond donors (Lipinski definition) is 0. The van der Waals surface area contributed by atoms with E-state index in [4.69, 9.17) is 42.2 Å². The second kappa shape index (κ2) is 7.02. The van der Waals surface area contributed by atoms with Gasteiger partial charge in [0.25, 0.3) is 0 Å². The van der Waals surface area contributed by atoms with Crippen LogP contribution in [-0.2, 0) is 0 Å². The standard InChI is InChI=1S/C24H18Cl2N2O4/c1-11-7-19(29)32-23-15(11)4-6-18-22(23)21-13(9-30-18)10-31-24-20(21)12(2)27-28(24)17-8-14(25)3-5-16(17)26/h3-8,13,21H,9-10H2,1-2H3/t13-,21-/m1/s1. The Labute approximate surface area is 193 Å². The molecule has 6 rings (SSSR count). The van der Waals surface area contributed by atoms with Crippen molar-refractivity contribution in [2.75, 3.05) is 13.2 Å². The SMILES string of the molecule is Cc1nn(-c2cc(Cl)ccc2Cl)c2c1[C@@H]1c3c(ccc4c(C)cc(=O)oc34)OC[C@@H]1CO2. The van der Waals surface area contributed by atoms with E-state index in [0.29, 0.717) is 46.2 Å². The zero-order valence-corrected chi connectivity index (χ0v) is 18.8. The van der Waals surface area contributed by atoms with Crippen LogP contribution in [0.15, 0.2) is 45.6 Å². The molecule has 0 spiro atoms. The van der Waals surface area contributed by atoms with Crippen molar-refractivity contribution in [3.05, 3.63) is 79.2 Å². The van der Waals surface area contributed by atoms with E-state index in [1.54, 1.807) is 22.9 Å². The van der Waals surface area contributed by atoms with E-state index in [1.165, 1.54) is 6.07 Å². The summed E-state index contributed by atoms with van der Waals surface area (Å²) in [4.78, 5) is 12.2. The lowest BCUT2D eigenvalue weighted by Crippen LogP contribution is -2.35. The van der Waals surface area contributed by atoms with E-state index < -0.39 is 0 Å². The van der Waals surface area contributed by atoms with Crippen LogP contribution in [0.1, 0.15) is 28.3 Å². The summed E-state index contributed by atoms with van der Waals surface area (Å²) in [5, 5.41) is 6.72. The number of halogens is 2. The number of fused-ring (bicyclic) bond motifs is 7. The van der Waals surface area contributed by atoms with Crippen LogP contribution in [-0.4, -0.2) is 23.0 Å². The van der Waals surface area contributed by atoms with Gasteiger partial charge < -0.3 is 13.9 Å². The summed E-state index contributed by atoms with van der Waals surface area (Å²) in [7, 11) is 0. The molecular weight excluding hydrogens is 451 g/mol. The maximum absolute atomic E-state index is 12.2. The number of hydrogen-bond acceptors (Lipinski definition) is 5. The minimum atomic E-state index is -0.379. The van der Waals surface area contributed by atoms with Gasteiger partial charge in [-0.3, -0.25) is 0 Å². The van der Waals surface area contributed by atoms with E-state index in [1.807, 2.05) is 26.0 Å². The smallest absolute Gasteiger partial charge is 0.336 e. The molecule has 4 heterocycles. The molecule has 2 aliphatic heterocycles. The van der Waals surface area contributed by atoms with Gasteiger partial charge in [0, 0.05) is 39.4 Å². The van der Waals surface area contributed by atoms with Crippen molar-refractivity contribution < 1.29 is 13.9 Å². The average Bonchev–Trinajstić information content (AvgIpc) is 3.11. The molecule has 2 atom stereocenters. The Bertz CT molecular complexity index is 1470. The lowest BCUT2D eigenvalue weighted by Gasteiger charge is -2.37. The van der Waals surface area contributed by atoms with Crippen LogP contribution < -0.4 is 15.1 Å². The lowest BCUT2D eigenvalue weighted by atomic mass is 9.77. The minimum absolute atomic E-state index is 0.0533. The number of benzene rings is 2. The Hall–Kier alpha value is -2.96. The number of aryl methyl sites for hydroxylation is 2. The van der Waals surface area contributed by atoms with Gasteiger partial charge in [0.15, 0.2) is 0 Å². The van der Waals surface area contributed by atoms with Crippen molar-refractivity contribution in [1.82, 2.24) is 9.78 Å². The quantitative estimate of drug-likeness (QED) is 0.348. The Morgan fingerprint density at radius 1 is 1.03 bits per heavy atom. The summed E-state index contributed by atoms with van der Waals surface area (Å²) in [5.41, 5.74) is 4.31. The van der Waals surface area contributed by atoms with Gasteiger partial charge >= 0.3 is 5.63 Å². The zero-order valence-electron chi connectivity index (χ0n) is 17.3. The maximum atomic E-state index is 12.2. The molecule has 4 aromatic rings. The average molecular weight is 469 g/mol. The first-order chi connectivity index (χ1) is 15.4. The van der Waals surface area contributed by atoms with Crippen LogP contribution in [0, 0.1) is 19.8 Å². The van der Waals surface area contributed by atoms with E-state index in [0.717, 1.165) is 27.8 Å². The maximum Gasteiger partial charge on any atom is 0.336 e. The lowest BCUT2D eigenvalue weighted by molar-refractivity contribution is 0.121. The summed E-state index contributed by atoms with van der Waals surface area (Å²) in [5.74, 6) is 1.29. The van der Waals surface area contributed by atoms with Crippen molar-refractivity contribution in [2.24, 2.45) is 5.92 Å². The molecule has 162 valence electrons. The van der Waals surface area contributed by atoms with Crippen molar-refractivity contribution in [3.63, 3.8) is 0 Å². The van der Waals surface area contributed by atoms with Crippen LogP contribution >= 0.6 is 23.2 Å². The van der Waals surface area contributed by atoms with Crippen molar-refractivity contribution in [2.45, 2.75) is 19.8 Å². The molecule has 0 unspecified atom stereocenters. The first kappa shape index (κ1) is 19.7. The monoisotopic (exact) mass is 468 g/mol. The third kappa shape index (κ3) is 2.79. The summed E-state index contributed by atoms with van der Waals surface area (Å²) in [6.45, 7) is 4.79. The van der Waals surface area contributed by atoms with Gasteiger partial charge in [-0.25, -0.2) is 4.79 Å². The van der Waals surface area contributed by atoms with Gasteiger partial charge in [0.2, 0.25) is 5.88 Å². The van der Waals surface area contributed by atoms with Gasteiger partial charge in [-0.05, 0) is 49.7 Å². The largest absolute Gasteiger partial charge is 0.493 e. The summed E-state index contributed by atoms with van der Waals surface area (Å²) in [6.07, 6.45) is 0. The van der Waals surface area contributed by atoms with Gasteiger partial charge in [-0.2, -0.15) is 9.78 Å². The third-order valence-electron chi connectivity index (χ3n) is 6.30. The summed E-state index contributed by atoms with van der Waals surface area (Å²) >= 11 is 12.7. The van der Waals surface area contributed by atoms with E-state index in [2.05, 4.69) is 0 Å². The molecule has 2 aromatic carbocycles. The van der Waals surface area contributed by atoms with Crippen LogP contribution in [0.5, 0.6) is 11.6 Å². The molecule has 0 saturated heterocycles. The van der Waals surface area contributed by atoms with Crippen LogP contribution in [0.4, 0.5) is 0 Å². The number of aromatic nitrogens is 2. The first-order valence-corrected chi connectivity index (χ1v) is 11.1. The van der Waals surface area contributed by atoms with Crippen molar-refractivity contribution in [1.29, 1.82) is 0 Å². The number of nitrogens with zero attached hydrogens (tertiary/aromatic N) is 2. The molecule has 2 aromatic heterocycles. The van der Waals surface area contributed by atoms with Gasteiger partial charge in [0.05, 0.1) is 29.6 Å². The molecule has 32 heavy (non-hydrogen) atoms. The van der Waals surface area contributed by atoms with Crippen LogP contribution in [0.3, 0.4) is 0 Å². The highest BCUT2D eigenvalue weighted by atomic mass is 35.5. The minimum Gasteiger partial charge on any atom is -0.493 e. The summed E-state index contributed by atoms with van der Waals surface area (Å²) in [6, 6.07) is 10.6. The van der Waals surface area contributed by atoms with E-state index in [9.17, 15) is 4.79 Å². The molecular formula is C24H18Cl2N2O4. The third-order valence-corrected chi connectivity index (χ3v) is 6.85. The Morgan fingerprint density at radius 2 is 1.84 bits per heavy atom. The highest BCUT2D eigenvalue weighted by Gasteiger charge is 2.43. The predicted octanol–water partition coefficient (Wildman–Crippen LogP) is 5.44. The van der Waals surface area contributed by atoms with Crippen LogP contribution in [0.25, 0.3) is 16.7 Å². The molecule has 0 aliphatic carbocycles. The van der Waals surface area contributed by atoms with E-state index >= 15 is 0 Å². The number of ether oxygens (including phenoxy) is 2. The molecule has 0 fully saturated rings. The normalized spacial score (nSPS) is 19.0. The Kier molecular flexibility index (Phi) is 4.32. The molecule has 0 radical (unpaired) electrons. The highest BCUT2D eigenvalue weighted by molar-refractivity contribution is 6.34. The fraction of sp³-hybridized carbons (Fsp3) is 0.250. The van der Waals surface area contributed by atoms with Gasteiger partial charge in [-0.15, -0.1) is 0 Å². The second-order valence-corrected chi connectivity index (χ2v) is 9.12. The molecule has 0 bridgehead atoms. The summed E-state index contributed by atoms with van der Waals surface area (Å²) < 4.78 is 19.7. The fourth-order valence-electron chi connectivity index (χ4n) is 4.87. The highest BCUT2D eigenvalue weighted by Crippen LogP contribution is 2.51. The molecule has 0 N–H and O–H groups in total. The molecule has 8 heteroatoms. The molecule has 0 amide bonds. The Morgan fingerprint density at radius 3 is 2.69 bits per heavy atom.